The lowest BCUT2D eigenvalue weighted by Gasteiger charge is -2.22. The molecule has 112 valence electrons. The average Bonchev–Trinajstić information content (AvgIpc) is 3.06. The molecule has 0 spiro atoms. The van der Waals surface area contributed by atoms with E-state index in [2.05, 4.69) is 54.4 Å². The van der Waals surface area contributed by atoms with Crippen LogP contribution in [0.15, 0.2) is 22.7 Å². The highest BCUT2D eigenvalue weighted by Gasteiger charge is 2.38. The van der Waals surface area contributed by atoms with Gasteiger partial charge < -0.3 is 9.84 Å². The summed E-state index contributed by atoms with van der Waals surface area (Å²) in [7, 11) is 0. The Hall–Kier alpha value is -1.68. The summed E-state index contributed by atoms with van der Waals surface area (Å²) in [6.45, 7) is 7.44. The number of hydrogen-bond acceptors (Lipinski definition) is 4. The molecule has 3 rings (SSSR count). The molecule has 1 unspecified atom stereocenters. The zero-order valence-corrected chi connectivity index (χ0v) is 13.1. The quantitative estimate of drug-likeness (QED) is 0.936. The molecular formula is C17H23N3O. The molecule has 0 saturated carbocycles. The molecule has 0 radical (unpaired) electrons. The zero-order chi connectivity index (χ0) is 14.9. The van der Waals surface area contributed by atoms with Gasteiger partial charge in [-0.05, 0) is 45.2 Å². The SMILES string of the molecule is CCC1(c2nc(Cc3cc(C)cc(C)c3)no2)CCCN1. The van der Waals surface area contributed by atoms with Gasteiger partial charge in [-0.3, -0.25) is 0 Å². The Kier molecular flexibility index (Phi) is 3.81. The van der Waals surface area contributed by atoms with Gasteiger partial charge in [0, 0.05) is 6.42 Å². The second-order valence-electron chi connectivity index (χ2n) is 6.15. The molecule has 1 aliphatic heterocycles. The first-order valence-electron chi connectivity index (χ1n) is 7.76. The molecule has 1 saturated heterocycles. The third kappa shape index (κ3) is 2.86. The third-order valence-corrected chi connectivity index (χ3v) is 4.37. The van der Waals surface area contributed by atoms with Gasteiger partial charge in [0.2, 0.25) is 5.89 Å². The van der Waals surface area contributed by atoms with Gasteiger partial charge in [0.25, 0.3) is 0 Å². The van der Waals surface area contributed by atoms with Crippen molar-refractivity contribution >= 4 is 0 Å². The highest BCUT2D eigenvalue weighted by atomic mass is 16.5. The first kappa shape index (κ1) is 14.3. The Bertz CT molecular complexity index is 606. The van der Waals surface area contributed by atoms with Gasteiger partial charge in [0.15, 0.2) is 5.82 Å². The van der Waals surface area contributed by atoms with Crippen LogP contribution in [0.4, 0.5) is 0 Å². The third-order valence-electron chi connectivity index (χ3n) is 4.37. The minimum atomic E-state index is -0.103. The maximum absolute atomic E-state index is 5.55. The number of hydrogen-bond donors (Lipinski definition) is 1. The van der Waals surface area contributed by atoms with Crippen LogP contribution in [0.2, 0.25) is 0 Å². The van der Waals surface area contributed by atoms with E-state index in [4.69, 9.17) is 4.52 Å². The van der Waals surface area contributed by atoms with Crippen molar-refractivity contribution in [3.63, 3.8) is 0 Å². The molecule has 1 N–H and O–H groups in total. The van der Waals surface area contributed by atoms with E-state index in [0.717, 1.165) is 37.5 Å². The molecule has 1 atom stereocenters. The first-order valence-corrected chi connectivity index (χ1v) is 7.76. The number of aromatic nitrogens is 2. The predicted octanol–water partition coefficient (Wildman–Crippen LogP) is 3.27. The van der Waals surface area contributed by atoms with Crippen molar-refractivity contribution in [2.45, 2.75) is 52.0 Å². The predicted molar refractivity (Wildman–Crippen MR) is 82.2 cm³/mol. The van der Waals surface area contributed by atoms with Gasteiger partial charge in [-0.25, -0.2) is 0 Å². The Morgan fingerprint density at radius 3 is 2.62 bits per heavy atom. The number of rotatable bonds is 4. The fourth-order valence-electron chi connectivity index (χ4n) is 3.32. The van der Waals surface area contributed by atoms with E-state index >= 15 is 0 Å². The lowest BCUT2D eigenvalue weighted by molar-refractivity contribution is 0.249. The van der Waals surface area contributed by atoms with Crippen molar-refractivity contribution in [2.24, 2.45) is 0 Å². The molecule has 2 heterocycles. The molecule has 4 nitrogen and oxygen atoms in total. The summed E-state index contributed by atoms with van der Waals surface area (Å²) in [4.78, 5) is 4.65. The maximum Gasteiger partial charge on any atom is 0.246 e. The van der Waals surface area contributed by atoms with Gasteiger partial charge in [0.1, 0.15) is 0 Å². The van der Waals surface area contributed by atoms with Crippen molar-refractivity contribution in [3.8, 4) is 0 Å². The van der Waals surface area contributed by atoms with Gasteiger partial charge in [-0.15, -0.1) is 0 Å². The normalized spacial score (nSPS) is 21.9. The van der Waals surface area contributed by atoms with Crippen molar-refractivity contribution in [2.75, 3.05) is 6.54 Å². The van der Waals surface area contributed by atoms with Crippen LogP contribution in [-0.2, 0) is 12.0 Å². The van der Waals surface area contributed by atoms with Crippen molar-refractivity contribution < 1.29 is 4.52 Å². The Labute approximate surface area is 126 Å². The van der Waals surface area contributed by atoms with E-state index in [1.807, 2.05) is 0 Å². The number of benzene rings is 1. The van der Waals surface area contributed by atoms with Crippen LogP contribution in [0.1, 0.15) is 54.6 Å². The summed E-state index contributed by atoms with van der Waals surface area (Å²) >= 11 is 0. The van der Waals surface area contributed by atoms with Crippen molar-refractivity contribution in [1.29, 1.82) is 0 Å². The Morgan fingerprint density at radius 1 is 1.24 bits per heavy atom. The van der Waals surface area contributed by atoms with E-state index in [1.165, 1.54) is 23.1 Å². The highest BCUT2D eigenvalue weighted by Crippen LogP contribution is 2.32. The van der Waals surface area contributed by atoms with Gasteiger partial charge in [-0.2, -0.15) is 4.98 Å². The Balaban J connectivity index is 1.82. The molecule has 21 heavy (non-hydrogen) atoms. The van der Waals surface area contributed by atoms with E-state index < -0.39 is 0 Å². The molecule has 2 aromatic rings. The number of aryl methyl sites for hydroxylation is 2. The second-order valence-corrected chi connectivity index (χ2v) is 6.15. The molecule has 4 heteroatoms. The largest absolute Gasteiger partial charge is 0.337 e. The fraction of sp³-hybridized carbons (Fsp3) is 0.529. The molecule has 1 aromatic carbocycles. The van der Waals surface area contributed by atoms with Crippen LogP contribution in [0.25, 0.3) is 0 Å². The smallest absolute Gasteiger partial charge is 0.246 e. The minimum Gasteiger partial charge on any atom is -0.337 e. The summed E-state index contributed by atoms with van der Waals surface area (Å²) in [6, 6.07) is 6.55. The van der Waals surface area contributed by atoms with E-state index in [1.54, 1.807) is 0 Å². The van der Waals surface area contributed by atoms with E-state index in [-0.39, 0.29) is 5.54 Å². The topological polar surface area (TPSA) is 51.0 Å². The lowest BCUT2D eigenvalue weighted by Crippen LogP contribution is -2.36. The van der Waals surface area contributed by atoms with Gasteiger partial charge in [-0.1, -0.05) is 41.4 Å². The summed E-state index contributed by atoms with van der Waals surface area (Å²) in [5.74, 6) is 1.53. The standard InChI is InChI=1S/C17H23N3O/c1-4-17(6-5-7-18-17)16-19-15(20-21-16)11-14-9-12(2)8-13(3)10-14/h8-10,18H,4-7,11H2,1-3H3. The number of nitrogens with zero attached hydrogens (tertiary/aromatic N) is 2. The van der Waals surface area contributed by atoms with E-state index in [0.29, 0.717) is 0 Å². The molecule has 1 aliphatic rings. The van der Waals surface area contributed by atoms with Crippen molar-refractivity contribution in [1.82, 2.24) is 15.5 Å². The molecule has 1 fully saturated rings. The molecular weight excluding hydrogens is 262 g/mol. The van der Waals surface area contributed by atoms with E-state index in [9.17, 15) is 0 Å². The summed E-state index contributed by atoms with van der Waals surface area (Å²) in [6.07, 6.45) is 3.96. The summed E-state index contributed by atoms with van der Waals surface area (Å²) in [5, 5.41) is 7.72. The van der Waals surface area contributed by atoms with Crippen LogP contribution in [0.3, 0.4) is 0 Å². The molecule has 0 amide bonds. The van der Waals surface area contributed by atoms with Crippen molar-refractivity contribution in [3.05, 3.63) is 46.6 Å². The number of nitrogens with one attached hydrogen (secondary N) is 1. The highest BCUT2D eigenvalue weighted by molar-refractivity contribution is 5.30. The van der Waals surface area contributed by atoms with Crippen LogP contribution in [-0.4, -0.2) is 16.7 Å². The summed E-state index contributed by atoms with van der Waals surface area (Å²) in [5.41, 5.74) is 3.69. The average molecular weight is 285 g/mol. The fourth-order valence-corrected chi connectivity index (χ4v) is 3.32. The van der Waals surface area contributed by atoms with Crippen LogP contribution < -0.4 is 5.32 Å². The minimum absolute atomic E-state index is 0.103. The monoisotopic (exact) mass is 285 g/mol. The van der Waals surface area contributed by atoms with Gasteiger partial charge in [0.05, 0.1) is 5.54 Å². The summed E-state index contributed by atoms with van der Waals surface area (Å²) < 4.78 is 5.55. The van der Waals surface area contributed by atoms with Crippen LogP contribution >= 0.6 is 0 Å². The van der Waals surface area contributed by atoms with Crippen LogP contribution in [0.5, 0.6) is 0 Å². The second kappa shape index (κ2) is 5.60. The lowest BCUT2D eigenvalue weighted by atomic mass is 9.94. The Morgan fingerprint density at radius 2 is 2.00 bits per heavy atom. The zero-order valence-electron chi connectivity index (χ0n) is 13.1. The first-order chi connectivity index (χ1) is 10.1. The maximum atomic E-state index is 5.55. The molecule has 1 aromatic heterocycles. The molecule has 0 bridgehead atoms. The molecule has 0 aliphatic carbocycles. The van der Waals surface area contributed by atoms with Gasteiger partial charge >= 0.3 is 0 Å². The van der Waals surface area contributed by atoms with Crippen LogP contribution in [0, 0.1) is 13.8 Å².